The van der Waals surface area contributed by atoms with Gasteiger partial charge in [0.2, 0.25) is 0 Å². The normalized spacial score (nSPS) is 22.9. The number of nitrogens with zero attached hydrogens (tertiary/aromatic N) is 2. The first kappa shape index (κ1) is 6.21. The lowest BCUT2D eigenvalue weighted by atomic mass is 10.2. The molecule has 1 aromatic heterocycles. The Morgan fingerprint density at radius 3 is 3.09 bits per heavy atom. The molecule has 1 atom stereocenters. The summed E-state index contributed by atoms with van der Waals surface area (Å²) in [7, 11) is 0. The third-order valence-corrected chi connectivity index (χ3v) is 1.64. The van der Waals surface area contributed by atoms with Crippen LogP contribution in [0.2, 0.25) is 0 Å². The molecule has 2 rings (SSSR count). The first-order valence-electron chi connectivity index (χ1n) is 3.43. The highest BCUT2D eigenvalue weighted by Crippen LogP contribution is 2.15. The van der Waals surface area contributed by atoms with Crippen LogP contribution in [0.1, 0.15) is 11.7 Å². The average Bonchev–Trinajstić information content (AvgIpc) is 2.55. The molecule has 1 aromatic rings. The van der Waals surface area contributed by atoms with Crippen LogP contribution in [-0.2, 0) is 0 Å². The topological polar surface area (TPSA) is 79.1 Å². The van der Waals surface area contributed by atoms with E-state index < -0.39 is 0 Å². The van der Waals surface area contributed by atoms with E-state index in [4.69, 9.17) is 5.73 Å². The maximum Gasteiger partial charge on any atom is 0.189 e. The number of guanidine groups is 1. The van der Waals surface area contributed by atoms with E-state index in [1.165, 1.54) is 0 Å². The highest BCUT2D eigenvalue weighted by Gasteiger charge is 2.17. The molecule has 1 unspecified atom stereocenters. The maximum atomic E-state index is 5.43. The second-order valence-electron chi connectivity index (χ2n) is 2.41. The van der Waals surface area contributed by atoms with Gasteiger partial charge in [-0.1, -0.05) is 0 Å². The third kappa shape index (κ3) is 1.04. The average molecular weight is 151 g/mol. The van der Waals surface area contributed by atoms with Crippen molar-refractivity contribution in [2.75, 3.05) is 6.54 Å². The number of aliphatic imine (C=N–C) groups is 1. The molecule has 0 bridgehead atoms. The van der Waals surface area contributed by atoms with Crippen molar-refractivity contribution >= 4 is 5.96 Å². The first-order chi connectivity index (χ1) is 5.36. The summed E-state index contributed by atoms with van der Waals surface area (Å²) in [5, 5.41) is 9.67. The summed E-state index contributed by atoms with van der Waals surface area (Å²) >= 11 is 0. The zero-order valence-corrected chi connectivity index (χ0v) is 5.91. The van der Waals surface area contributed by atoms with Gasteiger partial charge in [-0.25, -0.2) is 4.99 Å². The van der Waals surface area contributed by atoms with Crippen LogP contribution in [0.3, 0.4) is 0 Å². The molecule has 2 heterocycles. The molecule has 0 amide bonds. The number of nitrogens with two attached hydrogens (primary N) is 1. The van der Waals surface area contributed by atoms with Crippen LogP contribution in [0.5, 0.6) is 0 Å². The van der Waals surface area contributed by atoms with Gasteiger partial charge in [-0.2, -0.15) is 5.10 Å². The van der Waals surface area contributed by atoms with Gasteiger partial charge < -0.3 is 11.1 Å². The number of H-pyrrole nitrogens is 1. The minimum Gasteiger partial charge on any atom is -0.370 e. The quantitative estimate of drug-likeness (QED) is 0.500. The smallest absolute Gasteiger partial charge is 0.189 e. The second-order valence-corrected chi connectivity index (χ2v) is 2.41. The van der Waals surface area contributed by atoms with Crippen molar-refractivity contribution in [3.05, 3.63) is 18.0 Å². The minimum atomic E-state index is 0.0845. The van der Waals surface area contributed by atoms with Gasteiger partial charge in [-0.15, -0.1) is 0 Å². The number of hydrogen-bond acceptors (Lipinski definition) is 4. The van der Waals surface area contributed by atoms with Crippen molar-refractivity contribution < 1.29 is 0 Å². The van der Waals surface area contributed by atoms with E-state index in [0.717, 1.165) is 12.2 Å². The molecule has 0 fully saturated rings. The number of hydrogen-bond donors (Lipinski definition) is 3. The van der Waals surface area contributed by atoms with Crippen molar-refractivity contribution in [3.8, 4) is 0 Å². The van der Waals surface area contributed by atoms with Crippen LogP contribution >= 0.6 is 0 Å². The molecule has 1 aliphatic rings. The van der Waals surface area contributed by atoms with Crippen molar-refractivity contribution in [2.45, 2.75) is 6.04 Å². The summed E-state index contributed by atoms with van der Waals surface area (Å²) in [6, 6.07) is 1.98. The number of aromatic amines is 1. The summed E-state index contributed by atoms with van der Waals surface area (Å²) < 4.78 is 0. The Labute approximate surface area is 63.7 Å². The fraction of sp³-hybridized carbons (Fsp3) is 0.333. The molecule has 0 saturated carbocycles. The zero-order chi connectivity index (χ0) is 7.68. The molecule has 5 nitrogen and oxygen atoms in total. The van der Waals surface area contributed by atoms with E-state index in [-0.39, 0.29) is 6.04 Å². The lowest BCUT2D eigenvalue weighted by Gasteiger charge is -1.98. The molecule has 1 aliphatic heterocycles. The van der Waals surface area contributed by atoms with E-state index in [1.54, 1.807) is 6.20 Å². The second kappa shape index (κ2) is 2.26. The Hall–Kier alpha value is -1.52. The molecule has 0 aliphatic carbocycles. The van der Waals surface area contributed by atoms with Gasteiger partial charge in [0.15, 0.2) is 5.96 Å². The van der Waals surface area contributed by atoms with Crippen molar-refractivity contribution in [1.29, 1.82) is 0 Å². The van der Waals surface area contributed by atoms with E-state index in [0.29, 0.717) is 5.96 Å². The summed E-state index contributed by atoms with van der Waals surface area (Å²) in [6.45, 7) is 0.747. The predicted molar refractivity (Wildman–Crippen MR) is 41.0 cm³/mol. The Kier molecular flexibility index (Phi) is 1.28. The van der Waals surface area contributed by atoms with E-state index in [2.05, 4.69) is 20.5 Å². The highest BCUT2D eigenvalue weighted by atomic mass is 15.2. The van der Waals surface area contributed by atoms with Gasteiger partial charge in [0.25, 0.3) is 0 Å². The van der Waals surface area contributed by atoms with Crippen LogP contribution in [-0.4, -0.2) is 22.7 Å². The summed E-state index contributed by atoms with van der Waals surface area (Å²) in [5.41, 5.74) is 6.36. The Bertz CT molecular complexity index is 263. The van der Waals surface area contributed by atoms with Gasteiger partial charge in [0.05, 0.1) is 5.69 Å². The van der Waals surface area contributed by atoms with Gasteiger partial charge in [-0.3, -0.25) is 5.10 Å². The van der Waals surface area contributed by atoms with E-state index in [9.17, 15) is 0 Å². The van der Waals surface area contributed by atoms with Crippen molar-refractivity contribution in [3.63, 3.8) is 0 Å². The van der Waals surface area contributed by atoms with Gasteiger partial charge in [0, 0.05) is 12.7 Å². The van der Waals surface area contributed by atoms with Crippen LogP contribution in [0.25, 0.3) is 0 Å². The fourth-order valence-electron chi connectivity index (χ4n) is 1.09. The summed E-state index contributed by atoms with van der Waals surface area (Å²) in [4.78, 5) is 4.13. The monoisotopic (exact) mass is 151 g/mol. The minimum absolute atomic E-state index is 0.0845. The largest absolute Gasteiger partial charge is 0.370 e. The zero-order valence-electron chi connectivity index (χ0n) is 5.91. The third-order valence-electron chi connectivity index (χ3n) is 1.64. The van der Waals surface area contributed by atoms with Crippen molar-refractivity contribution in [1.82, 2.24) is 15.5 Å². The van der Waals surface area contributed by atoms with Crippen molar-refractivity contribution in [2.24, 2.45) is 10.7 Å². The van der Waals surface area contributed by atoms with Crippen LogP contribution in [0.15, 0.2) is 17.3 Å². The van der Waals surface area contributed by atoms with E-state index in [1.807, 2.05) is 6.07 Å². The fourth-order valence-corrected chi connectivity index (χ4v) is 1.09. The Balaban J connectivity index is 2.20. The molecule has 4 N–H and O–H groups in total. The number of nitrogens with one attached hydrogen (secondary N) is 2. The highest BCUT2D eigenvalue weighted by molar-refractivity contribution is 5.79. The Morgan fingerprint density at radius 2 is 2.55 bits per heavy atom. The van der Waals surface area contributed by atoms with E-state index >= 15 is 0 Å². The standard InChI is InChI=1S/C6H9N5/c7-6-8-3-5(10-6)4-1-2-9-11-4/h1-2,5H,3H2,(H,9,11)(H3,7,8,10). The molecule has 11 heavy (non-hydrogen) atoms. The molecule has 0 saturated heterocycles. The SMILES string of the molecule is NC1=NC(c2cc[nH]n2)CN1. The molecular formula is C6H9N5. The number of rotatable bonds is 1. The Morgan fingerprint density at radius 1 is 1.64 bits per heavy atom. The summed E-state index contributed by atoms with van der Waals surface area (Å²) in [6.07, 6.45) is 1.78. The lowest BCUT2D eigenvalue weighted by Crippen LogP contribution is -2.26. The maximum absolute atomic E-state index is 5.43. The molecule has 0 radical (unpaired) electrons. The molecule has 0 spiro atoms. The van der Waals surface area contributed by atoms with Crippen LogP contribution in [0, 0.1) is 0 Å². The predicted octanol–water partition coefficient (Wildman–Crippen LogP) is -0.631. The van der Waals surface area contributed by atoms with Gasteiger partial charge in [-0.05, 0) is 6.07 Å². The summed E-state index contributed by atoms with van der Waals surface area (Å²) in [5.74, 6) is 0.498. The van der Waals surface area contributed by atoms with Gasteiger partial charge >= 0.3 is 0 Å². The van der Waals surface area contributed by atoms with Crippen LogP contribution < -0.4 is 11.1 Å². The molecular weight excluding hydrogens is 142 g/mol. The molecule has 58 valence electrons. The lowest BCUT2D eigenvalue weighted by molar-refractivity contribution is 0.720. The van der Waals surface area contributed by atoms with Gasteiger partial charge in [0.1, 0.15) is 6.04 Å². The number of aromatic nitrogens is 2. The molecule has 5 heteroatoms. The first-order valence-corrected chi connectivity index (χ1v) is 3.43. The van der Waals surface area contributed by atoms with Crippen LogP contribution in [0.4, 0.5) is 0 Å². The molecule has 0 aromatic carbocycles.